The molecule has 0 fully saturated rings. The van der Waals surface area contributed by atoms with E-state index in [1.54, 1.807) is 31.4 Å². The third-order valence-electron chi connectivity index (χ3n) is 5.89. The van der Waals surface area contributed by atoms with E-state index < -0.39 is 22.0 Å². The average Bonchev–Trinajstić information content (AvgIpc) is 3.04. The molecular weight excluding hydrogens is 470 g/mol. The van der Waals surface area contributed by atoms with E-state index in [0.29, 0.717) is 18.7 Å². The molecule has 0 aliphatic carbocycles. The molecule has 1 aliphatic heterocycles. The summed E-state index contributed by atoms with van der Waals surface area (Å²) in [5.41, 5.74) is 0.939. The molecule has 0 spiro atoms. The molecule has 0 radical (unpaired) electrons. The second-order valence-corrected chi connectivity index (χ2v) is 10.0. The van der Waals surface area contributed by atoms with Crippen molar-refractivity contribution in [2.24, 2.45) is 0 Å². The summed E-state index contributed by atoms with van der Waals surface area (Å²) in [6.07, 6.45) is 0.531. The lowest BCUT2D eigenvalue weighted by atomic mass is 10.1. The second kappa shape index (κ2) is 11.4. The van der Waals surface area contributed by atoms with Crippen LogP contribution in [-0.4, -0.2) is 61.6 Å². The zero-order valence-electron chi connectivity index (χ0n) is 20.2. The molecule has 1 aliphatic rings. The van der Waals surface area contributed by atoms with Crippen molar-refractivity contribution in [3.05, 3.63) is 59.7 Å². The van der Waals surface area contributed by atoms with Gasteiger partial charge in [-0.1, -0.05) is 31.2 Å². The number of hydrogen-bond donors (Lipinski definition) is 1. The van der Waals surface area contributed by atoms with Gasteiger partial charge >= 0.3 is 0 Å². The third-order valence-corrected chi connectivity index (χ3v) is 7.73. The predicted molar refractivity (Wildman–Crippen MR) is 130 cm³/mol. The normalized spacial score (nSPS) is 14.8. The maximum Gasteiger partial charge on any atom is 0.269 e. The highest BCUT2D eigenvalue weighted by molar-refractivity contribution is 7.90. The van der Waals surface area contributed by atoms with Crippen LogP contribution in [0.1, 0.15) is 49.0 Å². The first-order valence-corrected chi connectivity index (χ1v) is 13.0. The zero-order chi connectivity index (χ0) is 25.6. The van der Waals surface area contributed by atoms with Gasteiger partial charge in [0, 0.05) is 26.1 Å². The number of fused-ring (bicyclic) bond motifs is 1. The Kier molecular flexibility index (Phi) is 8.50. The number of ether oxygens (including phenoxy) is 1. The van der Waals surface area contributed by atoms with Crippen molar-refractivity contribution in [1.29, 1.82) is 0 Å². The van der Waals surface area contributed by atoms with Gasteiger partial charge in [-0.3, -0.25) is 14.4 Å². The molecule has 9 nitrogen and oxygen atoms in total. The Morgan fingerprint density at radius 1 is 1.11 bits per heavy atom. The summed E-state index contributed by atoms with van der Waals surface area (Å²) < 4.78 is 31.6. The van der Waals surface area contributed by atoms with Gasteiger partial charge in [0.1, 0.15) is 16.7 Å². The summed E-state index contributed by atoms with van der Waals surface area (Å²) in [5.74, 6) is -0.500. The number of sulfonamides is 1. The number of likely N-dealkylation sites (N-methyl/N-ethyl adjacent to an activating group) is 1. The lowest BCUT2D eigenvalue weighted by Gasteiger charge is -2.31. The summed E-state index contributed by atoms with van der Waals surface area (Å²) in [4.78, 5) is 40.1. The van der Waals surface area contributed by atoms with Gasteiger partial charge in [-0.25, -0.2) is 12.7 Å². The summed E-state index contributed by atoms with van der Waals surface area (Å²) in [6.45, 7) is 4.15. The summed E-state index contributed by atoms with van der Waals surface area (Å²) >= 11 is 0. The first kappa shape index (κ1) is 26.2. The van der Waals surface area contributed by atoms with E-state index in [0.717, 1.165) is 9.87 Å². The van der Waals surface area contributed by atoms with Crippen LogP contribution in [0.4, 0.5) is 0 Å². The molecule has 10 heteroatoms. The number of carbonyl (C=O) groups is 3. The van der Waals surface area contributed by atoms with Gasteiger partial charge in [-0.2, -0.15) is 0 Å². The highest BCUT2D eigenvalue weighted by atomic mass is 32.2. The number of amides is 3. The summed E-state index contributed by atoms with van der Waals surface area (Å²) in [7, 11) is -2.38. The number of carbonyl (C=O) groups excluding carboxylic acids is 3. The number of nitrogens with one attached hydrogen (secondary N) is 1. The van der Waals surface area contributed by atoms with Crippen LogP contribution in [0.3, 0.4) is 0 Å². The van der Waals surface area contributed by atoms with Gasteiger partial charge in [-0.05, 0) is 49.6 Å². The fraction of sp³-hybridized carbons (Fsp3) is 0.400. The minimum Gasteiger partial charge on any atom is -0.497 e. The van der Waals surface area contributed by atoms with Crippen molar-refractivity contribution in [2.45, 2.75) is 50.6 Å². The molecule has 0 saturated heterocycles. The van der Waals surface area contributed by atoms with Crippen molar-refractivity contribution in [2.75, 3.05) is 20.2 Å². The lowest BCUT2D eigenvalue weighted by Crippen LogP contribution is -2.49. The van der Waals surface area contributed by atoms with Crippen LogP contribution in [0.15, 0.2) is 53.4 Å². The van der Waals surface area contributed by atoms with Crippen LogP contribution in [0.2, 0.25) is 0 Å². The molecule has 1 atom stereocenters. The molecule has 0 saturated carbocycles. The Morgan fingerprint density at radius 3 is 2.51 bits per heavy atom. The quantitative estimate of drug-likeness (QED) is 0.506. The first-order chi connectivity index (χ1) is 16.7. The smallest absolute Gasteiger partial charge is 0.269 e. The lowest BCUT2D eigenvalue weighted by molar-refractivity contribution is -0.141. The maximum atomic E-state index is 13.3. The van der Waals surface area contributed by atoms with Crippen molar-refractivity contribution in [3.63, 3.8) is 0 Å². The number of rotatable bonds is 11. The van der Waals surface area contributed by atoms with E-state index in [-0.39, 0.29) is 48.2 Å². The van der Waals surface area contributed by atoms with Gasteiger partial charge in [0.15, 0.2) is 0 Å². The molecule has 2 aromatic carbocycles. The van der Waals surface area contributed by atoms with Crippen molar-refractivity contribution >= 4 is 27.7 Å². The van der Waals surface area contributed by atoms with Gasteiger partial charge < -0.3 is 15.0 Å². The molecule has 0 unspecified atom stereocenters. The van der Waals surface area contributed by atoms with Crippen LogP contribution >= 0.6 is 0 Å². The minimum absolute atomic E-state index is 0.0155. The first-order valence-electron chi connectivity index (χ1n) is 11.6. The zero-order valence-corrected chi connectivity index (χ0v) is 21.0. The number of methoxy groups -OCH3 is 1. The van der Waals surface area contributed by atoms with Gasteiger partial charge in [0.2, 0.25) is 11.8 Å². The highest BCUT2D eigenvalue weighted by Crippen LogP contribution is 2.30. The number of nitrogens with zero attached hydrogens (tertiary/aromatic N) is 2. The molecule has 1 N–H and O–H groups in total. The molecular formula is C25H31N3O6S. The molecule has 0 aromatic heterocycles. The second-order valence-electron chi connectivity index (χ2n) is 8.17. The molecule has 3 rings (SSSR count). The fourth-order valence-corrected chi connectivity index (χ4v) is 5.76. The average molecular weight is 502 g/mol. The maximum absolute atomic E-state index is 13.3. The van der Waals surface area contributed by atoms with Crippen molar-refractivity contribution in [3.8, 4) is 5.75 Å². The molecule has 35 heavy (non-hydrogen) atoms. The van der Waals surface area contributed by atoms with Crippen LogP contribution in [0.25, 0.3) is 0 Å². The number of hydrogen-bond acceptors (Lipinski definition) is 6. The Morgan fingerprint density at radius 2 is 1.86 bits per heavy atom. The summed E-state index contributed by atoms with van der Waals surface area (Å²) in [5, 5.41) is 2.78. The third kappa shape index (κ3) is 5.64. The Labute approximate surface area is 206 Å². The van der Waals surface area contributed by atoms with E-state index in [1.807, 2.05) is 26.0 Å². The van der Waals surface area contributed by atoms with E-state index in [4.69, 9.17) is 4.74 Å². The molecule has 2 aromatic rings. The minimum atomic E-state index is -3.93. The van der Waals surface area contributed by atoms with E-state index in [2.05, 4.69) is 5.32 Å². The van der Waals surface area contributed by atoms with Gasteiger partial charge in [0.25, 0.3) is 15.9 Å². The van der Waals surface area contributed by atoms with Crippen LogP contribution in [-0.2, 0) is 26.2 Å². The molecule has 188 valence electrons. The molecule has 1 heterocycles. The Balaban J connectivity index is 1.75. The standard InChI is InChI=1S/C25H31N3O6S/c1-4-21(24(30)26-5-2)27(17-18-10-8-11-19(16-18)34-3)23(29)14-9-15-28-25(31)20-12-6-7-13-22(20)35(28,32)33/h6-8,10-13,16,21H,4-5,9,14-15,17H2,1-3H3,(H,26,30)/t21-/m1/s1. The van der Waals surface area contributed by atoms with E-state index in [1.165, 1.54) is 17.0 Å². The van der Waals surface area contributed by atoms with E-state index in [9.17, 15) is 22.8 Å². The molecule has 0 bridgehead atoms. The van der Waals surface area contributed by atoms with Crippen molar-refractivity contribution < 1.29 is 27.5 Å². The SMILES string of the molecule is CCNC(=O)[C@@H](CC)N(Cc1cccc(OC)c1)C(=O)CCCN1C(=O)c2ccccc2S1(=O)=O. The topological polar surface area (TPSA) is 113 Å². The number of benzene rings is 2. The van der Waals surface area contributed by atoms with Gasteiger partial charge in [0.05, 0.1) is 12.7 Å². The largest absolute Gasteiger partial charge is 0.497 e. The predicted octanol–water partition coefficient (Wildman–Crippen LogP) is 2.56. The Bertz CT molecular complexity index is 1200. The molecule has 3 amide bonds. The van der Waals surface area contributed by atoms with Crippen LogP contribution in [0.5, 0.6) is 5.75 Å². The summed E-state index contributed by atoms with van der Waals surface area (Å²) in [6, 6.07) is 12.6. The monoisotopic (exact) mass is 501 g/mol. The van der Waals surface area contributed by atoms with Crippen LogP contribution in [0, 0.1) is 0 Å². The fourth-order valence-electron chi connectivity index (χ4n) is 4.15. The highest BCUT2D eigenvalue weighted by Gasteiger charge is 2.40. The van der Waals surface area contributed by atoms with Gasteiger partial charge in [-0.15, -0.1) is 0 Å². The van der Waals surface area contributed by atoms with Crippen molar-refractivity contribution in [1.82, 2.24) is 14.5 Å². The van der Waals surface area contributed by atoms with E-state index >= 15 is 0 Å². The Hall–Kier alpha value is -3.40. The van der Waals surface area contributed by atoms with Crippen LogP contribution < -0.4 is 10.1 Å².